The Morgan fingerprint density at radius 3 is 2.68 bits per heavy atom. The van der Waals surface area contributed by atoms with Crippen LogP contribution in [0.3, 0.4) is 0 Å². The molecule has 0 aromatic carbocycles. The molecule has 2 aliphatic rings. The third-order valence-electron chi connectivity index (χ3n) is 4.37. The Balaban J connectivity index is 1.60. The summed E-state index contributed by atoms with van der Waals surface area (Å²) in [6.45, 7) is 4.66. The SMILES string of the molecule is CN1CCN(C)C(CNCC(=O)NC2CCCC2)C1. The predicted octanol–water partition coefficient (Wildman–Crippen LogP) is -0.119. The lowest BCUT2D eigenvalue weighted by Crippen LogP contribution is -2.54. The van der Waals surface area contributed by atoms with Crippen molar-refractivity contribution in [3.05, 3.63) is 0 Å². The van der Waals surface area contributed by atoms with Crippen LogP contribution in [0.2, 0.25) is 0 Å². The lowest BCUT2D eigenvalue weighted by atomic mass is 10.2. The molecule has 1 heterocycles. The van der Waals surface area contributed by atoms with Crippen LogP contribution in [-0.2, 0) is 4.79 Å². The van der Waals surface area contributed by atoms with Gasteiger partial charge < -0.3 is 15.5 Å². The summed E-state index contributed by atoms with van der Waals surface area (Å²) in [5, 5.41) is 6.41. The summed E-state index contributed by atoms with van der Waals surface area (Å²) in [5.41, 5.74) is 0. The molecule has 110 valence electrons. The second-order valence-corrected chi connectivity index (χ2v) is 6.08. The molecule has 0 bridgehead atoms. The number of rotatable bonds is 5. The van der Waals surface area contributed by atoms with Crippen molar-refractivity contribution in [1.82, 2.24) is 20.4 Å². The number of carbonyl (C=O) groups is 1. The summed E-state index contributed by atoms with van der Waals surface area (Å²) in [6.07, 6.45) is 4.83. The van der Waals surface area contributed by atoms with Gasteiger partial charge in [-0.25, -0.2) is 0 Å². The number of nitrogens with zero attached hydrogens (tertiary/aromatic N) is 2. The summed E-state index contributed by atoms with van der Waals surface area (Å²) in [5.74, 6) is 0.152. The van der Waals surface area contributed by atoms with E-state index in [1.807, 2.05) is 0 Å². The Morgan fingerprint density at radius 2 is 1.95 bits per heavy atom. The second kappa shape index (κ2) is 7.22. The van der Waals surface area contributed by atoms with Crippen LogP contribution in [0.4, 0.5) is 0 Å². The van der Waals surface area contributed by atoms with Crippen molar-refractivity contribution in [2.75, 3.05) is 46.8 Å². The van der Waals surface area contributed by atoms with Gasteiger partial charge in [-0.1, -0.05) is 12.8 Å². The first-order valence-corrected chi connectivity index (χ1v) is 7.54. The van der Waals surface area contributed by atoms with E-state index in [2.05, 4.69) is 34.5 Å². The molecule has 0 spiro atoms. The minimum Gasteiger partial charge on any atom is -0.352 e. The Bertz CT molecular complexity index is 291. The lowest BCUT2D eigenvalue weighted by molar-refractivity contribution is -0.120. The number of hydrogen-bond acceptors (Lipinski definition) is 4. The molecule has 1 amide bonds. The summed E-state index contributed by atoms with van der Waals surface area (Å²) >= 11 is 0. The van der Waals surface area contributed by atoms with Crippen LogP contribution in [0.1, 0.15) is 25.7 Å². The molecule has 1 atom stereocenters. The molecule has 5 heteroatoms. The van der Waals surface area contributed by atoms with E-state index in [1.165, 1.54) is 12.8 Å². The smallest absolute Gasteiger partial charge is 0.234 e. The largest absolute Gasteiger partial charge is 0.352 e. The fraction of sp³-hybridized carbons (Fsp3) is 0.929. The van der Waals surface area contributed by atoms with Crippen LogP contribution in [0, 0.1) is 0 Å². The zero-order chi connectivity index (χ0) is 13.7. The number of carbonyl (C=O) groups excluding carboxylic acids is 1. The molecular weight excluding hydrogens is 240 g/mol. The van der Waals surface area contributed by atoms with E-state index in [0.29, 0.717) is 18.6 Å². The summed E-state index contributed by atoms with van der Waals surface area (Å²) < 4.78 is 0. The van der Waals surface area contributed by atoms with Crippen molar-refractivity contribution >= 4 is 5.91 Å². The molecule has 1 aliphatic carbocycles. The van der Waals surface area contributed by atoms with Crippen molar-refractivity contribution < 1.29 is 4.79 Å². The van der Waals surface area contributed by atoms with Gasteiger partial charge in [-0.2, -0.15) is 0 Å². The van der Waals surface area contributed by atoms with Crippen molar-refractivity contribution in [1.29, 1.82) is 0 Å². The number of piperazine rings is 1. The van der Waals surface area contributed by atoms with E-state index in [1.54, 1.807) is 0 Å². The van der Waals surface area contributed by atoms with Crippen LogP contribution in [0.25, 0.3) is 0 Å². The minimum absolute atomic E-state index is 0.152. The van der Waals surface area contributed by atoms with Gasteiger partial charge in [0.2, 0.25) is 5.91 Å². The van der Waals surface area contributed by atoms with Crippen molar-refractivity contribution in [3.63, 3.8) is 0 Å². The van der Waals surface area contributed by atoms with E-state index in [9.17, 15) is 4.79 Å². The molecule has 1 unspecified atom stereocenters. The van der Waals surface area contributed by atoms with E-state index in [-0.39, 0.29) is 5.91 Å². The first-order valence-electron chi connectivity index (χ1n) is 7.54. The van der Waals surface area contributed by atoms with Crippen molar-refractivity contribution in [2.24, 2.45) is 0 Å². The van der Waals surface area contributed by atoms with Gasteiger partial charge in [0.1, 0.15) is 0 Å². The van der Waals surface area contributed by atoms with Gasteiger partial charge >= 0.3 is 0 Å². The first kappa shape index (κ1) is 14.8. The van der Waals surface area contributed by atoms with Crippen LogP contribution >= 0.6 is 0 Å². The van der Waals surface area contributed by atoms with E-state index in [0.717, 1.165) is 39.0 Å². The highest BCUT2D eigenvalue weighted by Gasteiger charge is 2.22. The Kier molecular flexibility index (Phi) is 5.60. The van der Waals surface area contributed by atoms with Gasteiger partial charge in [-0.05, 0) is 26.9 Å². The zero-order valence-electron chi connectivity index (χ0n) is 12.3. The molecule has 1 aliphatic heterocycles. The normalized spacial score (nSPS) is 26.7. The molecule has 2 rings (SSSR count). The lowest BCUT2D eigenvalue weighted by Gasteiger charge is -2.37. The fourth-order valence-corrected chi connectivity index (χ4v) is 3.02. The van der Waals surface area contributed by atoms with E-state index >= 15 is 0 Å². The Hall–Kier alpha value is -0.650. The van der Waals surface area contributed by atoms with Crippen LogP contribution in [-0.4, -0.2) is 74.6 Å². The predicted molar refractivity (Wildman–Crippen MR) is 77.2 cm³/mol. The number of amides is 1. The molecule has 2 N–H and O–H groups in total. The van der Waals surface area contributed by atoms with Gasteiger partial charge in [0.05, 0.1) is 6.54 Å². The highest BCUT2D eigenvalue weighted by atomic mass is 16.1. The maximum atomic E-state index is 11.8. The maximum absolute atomic E-state index is 11.8. The van der Waals surface area contributed by atoms with Crippen LogP contribution < -0.4 is 10.6 Å². The van der Waals surface area contributed by atoms with Gasteiger partial charge in [-0.15, -0.1) is 0 Å². The zero-order valence-corrected chi connectivity index (χ0v) is 12.3. The maximum Gasteiger partial charge on any atom is 0.234 e. The molecule has 19 heavy (non-hydrogen) atoms. The average Bonchev–Trinajstić information content (AvgIpc) is 2.86. The highest BCUT2D eigenvalue weighted by Crippen LogP contribution is 2.17. The quantitative estimate of drug-likeness (QED) is 0.730. The Morgan fingerprint density at radius 1 is 1.21 bits per heavy atom. The van der Waals surface area contributed by atoms with Gasteiger partial charge in [0.25, 0.3) is 0 Å². The summed E-state index contributed by atoms with van der Waals surface area (Å²) in [4.78, 5) is 16.5. The summed E-state index contributed by atoms with van der Waals surface area (Å²) in [6, 6.07) is 0.941. The van der Waals surface area contributed by atoms with E-state index < -0.39 is 0 Å². The highest BCUT2D eigenvalue weighted by molar-refractivity contribution is 5.78. The van der Waals surface area contributed by atoms with Crippen LogP contribution in [0.5, 0.6) is 0 Å². The molecule has 2 fully saturated rings. The minimum atomic E-state index is 0.152. The third kappa shape index (κ3) is 4.75. The molecule has 1 saturated heterocycles. The number of likely N-dealkylation sites (N-methyl/N-ethyl adjacent to an activating group) is 2. The summed E-state index contributed by atoms with van der Waals surface area (Å²) in [7, 11) is 4.32. The van der Waals surface area contributed by atoms with Gasteiger partial charge in [-0.3, -0.25) is 9.69 Å². The monoisotopic (exact) mass is 268 g/mol. The van der Waals surface area contributed by atoms with Crippen molar-refractivity contribution in [3.8, 4) is 0 Å². The first-order chi connectivity index (χ1) is 9.15. The van der Waals surface area contributed by atoms with Crippen molar-refractivity contribution in [2.45, 2.75) is 37.8 Å². The third-order valence-corrected chi connectivity index (χ3v) is 4.37. The van der Waals surface area contributed by atoms with E-state index in [4.69, 9.17) is 0 Å². The fourth-order valence-electron chi connectivity index (χ4n) is 3.02. The number of nitrogens with one attached hydrogen (secondary N) is 2. The second-order valence-electron chi connectivity index (χ2n) is 6.08. The van der Waals surface area contributed by atoms with Gasteiger partial charge in [0, 0.05) is 38.3 Å². The molecule has 0 aromatic heterocycles. The average molecular weight is 268 g/mol. The number of hydrogen-bond donors (Lipinski definition) is 2. The molecule has 0 aromatic rings. The molecule has 0 radical (unpaired) electrons. The molecular formula is C14H28N4O. The van der Waals surface area contributed by atoms with Crippen LogP contribution in [0.15, 0.2) is 0 Å². The molecule has 1 saturated carbocycles. The standard InChI is InChI=1S/C14H28N4O/c1-17-7-8-18(2)13(11-17)9-15-10-14(19)16-12-5-3-4-6-12/h12-13,15H,3-11H2,1-2H3,(H,16,19). The van der Waals surface area contributed by atoms with Gasteiger partial charge in [0.15, 0.2) is 0 Å². The topological polar surface area (TPSA) is 47.6 Å². The molecule has 5 nitrogen and oxygen atoms in total. The Labute approximate surface area is 116 Å².